The number of hydrogen-bond acceptors (Lipinski definition) is 4. The summed E-state index contributed by atoms with van der Waals surface area (Å²) in [6, 6.07) is 12.7. The molecule has 5 heteroatoms. The number of hydrogen-bond donors (Lipinski definition) is 1. The van der Waals surface area contributed by atoms with Gasteiger partial charge < -0.3 is 5.32 Å². The van der Waals surface area contributed by atoms with Gasteiger partial charge in [0.1, 0.15) is 0 Å². The summed E-state index contributed by atoms with van der Waals surface area (Å²) in [7, 11) is 0. The molecule has 1 amide bonds. The van der Waals surface area contributed by atoms with Crippen LogP contribution >= 0.6 is 11.8 Å². The van der Waals surface area contributed by atoms with Crippen molar-refractivity contribution >= 4 is 23.5 Å². The van der Waals surface area contributed by atoms with Crippen molar-refractivity contribution in [1.29, 1.82) is 0 Å². The third kappa shape index (κ3) is 5.33. The SMILES string of the molecule is CC(CC(=O)c1ccccc1)NC(=O)CSc1ccncc1. The average Bonchev–Trinajstić information content (AvgIpc) is 2.54. The van der Waals surface area contributed by atoms with Crippen molar-refractivity contribution in [1.82, 2.24) is 10.3 Å². The van der Waals surface area contributed by atoms with Gasteiger partial charge in [0.15, 0.2) is 5.78 Å². The molecule has 2 aromatic rings. The maximum absolute atomic E-state index is 12.1. The highest BCUT2D eigenvalue weighted by atomic mass is 32.2. The molecule has 1 N–H and O–H groups in total. The van der Waals surface area contributed by atoms with Crippen LogP contribution in [0.2, 0.25) is 0 Å². The minimum absolute atomic E-state index is 0.0372. The summed E-state index contributed by atoms with van der Waals surface area (Å²) in [6.07, 6.45) is 3.69. The van der Waals surface area contributed by atoms with Crippen LogP contribution in [0, 0.1) is 0 Å². The molecule has 2 rings (SSSR count). The number of nitrogens with zero attached hydrogens (tertiary/aromatic N) is 1. The summed E-state index contributed by atoms with van der Waals surface area (Å²) in [5, 5.41) is 2.85. The van der Waals surface area contributed by atoms with E-state index in [0.717, 1.165) is 4.90 Å². The predicted molar refractivity (Wildman–Crippen MR) is 88.0 cm³/mol. The number of Topliss-reactive ketones (excluding diaryl/α,β-unsaturated/α-hetero) is 1. The van der Waals surface area contributed by atoms with E-state index in [0.29, 0.717) is 17.7 Å². The average molecular weight is 314 g/mol. The van der Waals surface area contributed by atoms with Crippen molar-refractivity contribution in [3.8, 4) is 0 Å². The number of carbonyl (C=O) groups is 2. The van der Waals surface area contributed by atoms with Gasteiger partial charge in [-0.25, -0.2) is 0 Å². The summed E-state index contributed by atoms with van der Waals surface area (Å²) in [6.45, 7) is 1.84. The molecule has 0 radical (unpaired) electrons. The molecule has 0 aliphatic heterocycles. The van der Waals surface area contributed by atoms with Crippen molar-refractivity contribution in [2.75, 3.05) is 5.75 Å². The molecular weight excluding hydrogens is 296 g/mol. The molecule has 0 spiro atoms. The zero-order valence-corrected chi connectivity index (χ0v) is 13.2. The van der Waals surface area contributed by atoms with E-state index in [4.69, 9.17) is 0 Å². The maximum atomic E-state index is 12.1. The lowest BCUT2D eigenvalue weighted by Gasteiger charge is -2.13. The van der Waals surface area contributed by atoms with Crippen LogP contribution in [-0.4, -0.2) is 28.5 Å². The second-order valence-corrected chi connectivity index (χ2v) is 5.98. The quantitative estimate of drug-likeness (QED) is 0.630. The Bertz CT molecular complexity index is 617. The van der Waals surface area contributed by atoms with Crippen molar-refractivity contribution in [2.45, 2.75) is 24.3 Å². The zero-order chi connectivity index (χ0) is 15.8. The van der Waals surface area contributed by atoms with Gasteiger partial charge >= 0.3 is 0 Å². The van der Waals surface area contributed by atoms with Gasteiger partial charge in [-0.3, -0.25) is 14.6 Å². The number of amides is 1. The number of aromatic nitrogens is 1. The normalized spacial score (nSPS) is 11.7. The van der Waals surface area contributed by atoms with Gasteiger partial charge in [0.25, 0.3) is 0 Å². The van der Waals surface area contributed by atoms with Crippen LogP contribution in [0.15, 0.2) is 59.8 Å². The van der Waals surface area contributed by atoms with Crippen LogP contribution in [-0.2, 0) is 4.79 Å². The van der Waals surface area contributed by atoms with Crippen LogP contribution < -0.4 is 5.32 Å². The second-order valence-electron chi connectivity index (χ2n) is 4.93. The van der Waals surface area contributed by atoms with E-state index in [1.54, 1.807) is 24.5 Å². The fraction of sp³-hybridized carbons (Fsp3) is 0.235. The van der Waals surface area contributed by atoms with Gasteiger partial charge in [-0.2, -0.15) is 0 Å². The number of ketones is 1. The van der Waals surface area contributed by atoms with Crippen LogP contribution in [0.1, 0.15) is 23.7 Å². The Morgan fingerprint density at radius 3 is 2.50 bits per heavy atom. The highest BCUT2D eigenvalue weighted by Gasteiger charge is 2.13. The molecule has 1 unspecified atom stereocenters. The first-order chi connectivity index (χ1) is 10.6. The lowest BCUT2D eigenvalue weighted by atomic mass is 10.0. The fourth-order valence-electron chi connectivity index (χ4n) is 1.97. The molecule has 0 aliphatic carbocycles. The smallest absolute Gasteiger partial charge is 0.230 e. The number of thioether (sulfide) groups is 1. The van der Waals surface area contributed by atoms with Gasteiger partial charge in [0.2, 0.25) is 5.91 Å². The Hall–Kier alpha value is -2.14. The van der Waals surface area contributed by atoms with Crippen molar-refractivity contribution in [2.24, 2.45) is 0 Å². The molecule has 1 aromatic heterocycles. The predicted octanol–water partition coefficient (Wildman–Crippen LogP) is 2.95. The Balaban J connectivity index is 1.75. The summed E-state index contributed by atoms with van der Waals surface area (Å²) in [5.74, 6) is 0.291. The molecule has 0 aliphatic rings. The molecule has 1 atom stereocenters. The number of benzene rings is 1. The monoisotopic (exact) mass is 314 g/mol. The van der Waals surface area contributed by atoms with E-state index in [9.17, 15) is 9.59 Å². The van der Waals surface area contributed by atoms with E-state index in [-0.39, 0.29) is 17.7 Å². The Labute approximate surface area is 134 Å². The Morgan fingerprint density at radius 1 is 1.14 bits per heavy atom. The van der Waals surface area contributed by atoms with Crippen molar-refractivity contribution in [3.05, 3.63) is 60.4 Å². The summed E-state index contributed by atoms with van der Waals surface area (Å²) < 4.78 is 0. The largest absolute Gasteiger partial charge is 0.352 e. The van der Waals surface area contributed by atoms with Gasteiger partial charge in [0, 0.05) is 35.3 Å². The lowest BCUT2D eigenvalue weighted by Crippen LogP contribution is -2.35. The minimum Gasteiger partial charge on any atom is -0.352 e. The molecule has 0 fully saturated rings. The third-order valence-corrected chi connectivity index (χ3v) is 4.03. The van der Waals surface area contributed by atoms with Crippen LogP contribution in [0.3, 0.4) is 0 Å². The molecule has 114 valence electrons. The van der Waals surface area contributed by atoms with Crippen LogP contribution in [0.5, 0.6) is 0 Å². The number of pyridine rings is 1. The van der Waals surface area contributed by atoms with Crippen LogP contribution in [0.25, 0.3) is 0 Å². The number of nitrogens with one attached hydrogen (secondary N) is 1. The van der Waals surface area contributed by atoms with E-state index >= 15 is 0 Å². The first-order valence-electron chi connectivity index (χ1n) is 7.05. The van der Waals surface area contributed by atoms with Gasteiger partial charge in [-0.1, -0.05) is 30.3 Å². The van der Waals surface area contributed by atoms with Crippen molar-refractivity contribution < 1.29 is 9.59 Å². The summed E-state index contributed by atoms with van der Waals surface area (Å²) >= 11 is 1.45. The molecule has 4 nitrogen and oxygen atoms in total. The molecule has 1 aromatic carbocycles. The fourth-order valence-corrected chi connectivity index (χ4v) is 2.67. The molecule has 0 saturated heterocycles. The maximum Gasteiger partial charge on any atom is 0.230 e. The minimum atomic E-state index is -0.182. The molecule has 1 heterocycles. The molecule has 0 bridgehead atoms. The van der Waals surface area contributed by atoms with E-state index in [1.165, 1.54) is 11.8 Å². The Kier molecular flexibility index (Phi) is 6.15. The first-order valence-corrected chi connectivity index (χ1v) is 8.04. The number of rotatable bonds is 7. The van der Waals surface area contributed by atoms with Gasteiger partial charge in [-0.15, -0.1) is 11.8 Å². The van der Waals surface area contributed by atoms with E-state index < -0.39 is 0 Å². The van der Waals surface area contributed by atoms with Crippen molar-refractivity contribution in [3.63, 3.8) is 0 Å². The Morgan fingerprint density at radius 2 is 1.82 bits per heavy atom. The van der Waals surface area contributed by atoms with Crippen LogP contribution in [0.4, 0.5) is 0 Å². The number of carbonyl (C=O) groups excluding carboxylic acids is 2. The summed E-state index contributed by atoms with van der Waals surface area (Å²) in [4.78, 5) is 28.9. The van der Waals surface area contributed by atoms with E-state index in [1.807, 2.05) is 37.3 Å². The van der Waals surface area contributed by atoms with E-state index in [2.05, 4.69) is 10.3 Å². The topological polar surface area (TPSA) is 59.1 Å². The standard InChI is InChI=1S/C17H18N2O2S/c1-13(11-16(20)14-5-3-2-4-6-14)19-17(21)12-22-15-7-9-18-10-8-15/h2-10,13H,11-12H2,1H3,(H,19,21). The van der Waals surface area contributed by atoms with Gasteiger partial charge in [-0.05, 0) is 19.1 Å². The highest BCUT2D eigenvalue weighted by molar-refractivity contribution is 8.00. The molecule has 22 heavy (non-hydrogen) atoms. The molecular formula is C17H18N2O2S. The zero-order valence-electron chi connectivity index (χ0n) is 12.4. The highest BCUT2D eigenvalue weighted by Crippen LogP contribution is 2.15. The second kappa shape index (κ2) is 8.34. The third-order valence-electron chi connectivity index (χ3n) is 3.01. The molecule has 0 saturated carbocycles. The first kappa shape index (κ1) is 16.2. The van der Waals surface area contributed by atoms with Gasteiger partial charge in [0.05, 0.1) is 5.75 Å². The summed E-state index contributed by atoms with van der Waals surface area (Å²) in [5.41, 5.74) is 0.676. The lowest BCUT2D eigenvalue weighted by molar-refractivity contribution is -0.119.